The molecule has 86 valence electrons. The van der Waals surface area contributed by atoms with Crippen LogP contribution < -0.4 is 5.73 Å². The molecule has 0 radical (unpaired) electrons. The Balaban J connectivity index is 0.00000112. The molecule has 0 bridgehead atoms. The maximum Gasteiger partial charge on any atom is 0.0730 e. The standard InChI is InChI=1S/C10H15BrN2S.ClH/c1-7-4-9(14-10(7)11)6-13-3-2-8(12)5-13;/h4,8H,2-3,5-6,12H2,1H3;1H. The predicted molar refractivity (Wildman–Crippen MR) is 71.9 cm³/mol. The Kier molecular flexibility index (Phi) is 5.06. The minimum atomic E-state index is 0. The number of nitrogens with two attached hydrogens (primary N) is 1. The molecule has 1 atom stereocenters. The fourth-order valence-corrected chi connectivity index (χ4v) is 3.50. The maximum atomic E-state index is 5.87. The average Bonchev–Trinajstić information content (AvgIpc) is 2.62. The van der Waals surface area contributed by atoms with Crippen LogP contribution in [0.3, 0.4) is 0 Å². The number of hydrogen-bond acceptors (Lipinski definition) is 3. The summed E-state index contributed by atoms with van der Waals surface area (Å²) < 4.78 is 1.26. The van der Waals surface area contributed by atoms with E-state index >= 15 is 0 Å². The van der Waals surface area contributed by atoms with E-state index in [1.807, 2.05) is 11.3 Å². The highest BCUT2D eigenvalue weighted by atomic mass is 79.9. The number of hydrogen-bond donors (Lipinski definition) is 1. The van der Waals surface area contributed by atoms with E-state index in [0.29, 0.717) is 6.04 Å². The van der Waals surface area contributed by atoms with Gasteiger partial charge in [0, 0.05) is 30.6 Å². The highest BCUT2D eigenvalue weighted by Crippen LogP contribution is 2.28. The van der Waals surface area contributed by atoms with Crippen molar-refractivity contribution in [1.82, 2.24) is 4.90 Å². The van der Waals surface area contributed by atoms with E-state index in [-0.39, 0.29) is 12.4 Å². The Bertz CT molecular complexity index is 310. The van der Waals surface area contributed by atoms with Crippen molar-refractivity contribution >= 4 is 39.7 Å². The lowest BCUT2D eigenvalue weighted by Gasteiger charge is -2.13. The summed E-state index contributed by atoms with van der Waals surface area (Å²) in [6.45, 7) is 5.40. The van der Waals surface area contributed by atoms with Crippen LogP contribution in [0.15, 0.2) is 9.85 Å². The molecule has 2 nitrogen and oxygen atoms in total. The first-order valence-electron chi connectivity index (χ1n) is 4.88. The van der Waals surface area contributed by atoms with Gasteiger partial charge in [0.15, 0.2) is 0 Å². The van der Waals surface area contributed by atoms with Crippen molar-refractivity contribution in [2.24, 2.45) is 5.73 Å². The molecule has 0 amide bonds. The minimum absolute atomic E-state index is 0. The van der Waals surface area contributed by atoms with Gasteiger partial charge in [-0.25, -0.2) is 0 Å². The van der Waals surface area contributed by atoms with E-state index in [2.05, 4.69) is 33.8 Å². The van der Waals surface area contributed by atoms with Crippen LogP contribution in [0.5, 0.6) is 0 Å². The molecule has 1 aromatic rings. The van der Waals surface area contributed by atoms with Crippen LogP contribution in [0.1, 0.15) is 16.9 Å². The Morgan fingerprint density at radius 2 is 2.40 bits per heavy atom. The molecule has 0 spiro atoms. The van der Waals surface area contributed by atoms with Gasteiger partial charge in [0.05, 0.1) is 3.79 Å². The van der Waals surface area contributed by atoms with Crippen molar-refractivity contribution in [3.63, 3.8) is 0 Å². The third kappa shape index (κ3) is 3.43. The van der Waals surface area contributed by atoms with Crippen LogP contribution in [0, 0.1) is 6.92 Å². The second-order valence-electron chi connectivity index (χ2n) is 3.95. The third-order valence-corrected chi connectivity index (χ3v) is 4.72. The van der Waals surface area contributed by atoms with Crippen molar-refractivity contribution in [1.29, 1.82) is 0 Å². The van der Waals surface area contributed by atoms with Gasteiger partial charge in [0.25, 0.3) is 0 Å². The maximum absolute atomic E-state index is 5.87. The molecule has 5 heteroatoms. The summed E-state index contributed by atoms with van der Waals surface area (Å²) in [5, 5.41) is 0. The average molecular weight is 312 g/mol. The number of nitrogens with zero attached hydrogens (tertiary/aromatic N) is 1. The number of likely N-dealkylation sites (tertiary alicyclic amines) is 1. The first-order chi connectivity index (χ1) is 6.65. The number of thiophene rings is 1. The van der Waals surface area contributed by atoms with Crippen molar-refractivity contribution in [3.05, 3.63) is 20.3 Å². The lowest BCUT2D eigenvalue weighted by Crippen LogP contribution is -2.25. The van der Waals surface area contributed by atoms with Crippen LogP contribution >= 0.6 is 39.7 Å². The van der Waals surface area contributed by atoms with E-state index in [4.69, 9.17) is 5.73 Å². The summed E-state index contributed by atoms with van der Waals surface area (Å²) in [5.41, 5.74) is 7.21. The van der Waals surface area contributed by atoms with E-state index in [1.54, 1.807) is 0 Å². The third-order valence-electron chi connectivity index (χ3n) is 2.60. The van der Waals surface area contributed by atoms with E-state index in [1.165, 1.54) is 14.2 Å². The smallest absolute Gasteiger partial charge is 0.0730 e. The van der Waals surface area contributed by atoms with Crippen molar-refractivity contribution in [2.45, 2.75) is 25.9 Å². The summed E-state index contributed by atoms with van der Waals surface area (Å²) >= 11 is 5.39. The van der Waals surface area contributed by atoms with Gasteiger partial charge in [-0.1, -0.05) is 0 Å². The molecule has 1 aliphatic heterocycles. The number of aryl methyl sites for hydroxylation is 1. The SMILES string of the molecule is Cc1cc(CN2CCC(N)C2)sc1Br.Cl. The molecular weight excluding hydrogens is 296 g/mol. The Hall–Kier alpha value is 0.390. The van der Waals surface area contributed by atoms with Crippen molar-refractivity contribution < 1.29 is 0 Å². The topological polar surface area (TPSA) is 29.3 Å². The van der Waals surface area contributed by atoms with Gasteiger partial charge >= 0.3 is 0 Å². The van der Waals surface area contributed by atoms with E-state index in [0.717, 1.165) is 26.1 Å². The van der Waals surface area contributed by atoms with Gasteiger partial charge in [0.1, 0.15) is 0 Å². The van der Waals surface area contributed by atoms with Gasteiger partial charge in [-0.05, 0) is 40.9 Å². The normalized spacial score (nSPS) is 21.7. The molecule has 0 aromatic carbocycles. The van der Waals surface area contributed by atoms with Crippen molar-refractivity contribution in [2.75, 3.05) is 13.1 Å². The summed E-state index contributed by atoms with van der Waals surface area (Å²) in [4.78, 5) is 3.87. The first-order valence-corrected chi connectivity index (χ1v) is 6.49. The summed E-state index contributed by atoms with van der Waals surface area (Å²) in [6, 6.07) is 2.65. The second-order valence-corrected chi connectivity index (χ2v) is 6.41. The monoisotopic (exact) mass is 310 g/mol. The molecule has 1 saturated heterocycles. The predicted octanol–water partition coefficient (Wildman–Crippen LogP) is 2.77. The fourth-order valence-electron chi connectivity index (χ4n) is 1.83. The van der Waals surface area contributed by atoms with Crippen molar-refractivity contribution in [3.8, 4) is 0 Å². The summed E-state index contributed by atoms with van der Waals surface area (Å²) in [6.07, 6.45) is 1.14. The molecule has 1 fully saturated rings. The number of halogens is 2. The Morgan fingerprint density at radius 1 is 1.67 bits per heavy atom. The van der Waals surface area contributed by atoms with Crippen LogP contribution in [0.4, 0.5) is 0 Å². The highest BCUT2D eigenvalue weighted by Gasteiger charge is 2.19. The zero-order valence-electron chi connectivity index (χ0n) is 8.70. The van der Waals surface area contributed by atoms with E-state index < -0.39 is 0 Å². The summed E-state index contributed by atoms with van der Waals surface area (Å²) in [7, 11) is 0. The van der Waals surface area contributed by atoms with Crippen LogP contribution in [0.2, 0.25) is 0 Å². The molecule has 2 rings (SSSR count). The molecule has 0 saturated carbocycles. The molecular formula is C10H16BrClN2S. The van der Waals surface area contributed by atoms with Crippen LogP contribution in [-0.2, 0) is 6.54 Å². The van der Waals surface area contributed by atoms with Gasteiger partial charge in [0.2, 0.25) is 0 Å². The van der Waals surface area contributed by atoms with Gasteiger partial charge in [-0.2, -0.15) is 0 Å². The molecule has 15 heavy (non-hydrogen) atoms. The Morgan fingerprint density at radius 3 is 2.87 bits per heavy atom. The Labute approximate surface area is 109 Å². The lowest BCUT2D eigenvalue weighted by atomic mass is 10.3. The van der Waals surface area contributed by atoms with Gasteiger partial charge < -0.3 is 5.73 Å². The van der Waals surface area contributed by atoms with Crippen LogP contribution in [0.25, 0.3) is 0 Å². The first kappa shape index (κ1) is 13.5. The zero-order chi connectivity index (χ0) is 10.1. The highest BCUT2D eigenvalue weighted by molar-refractivity contribution is 9.11. The van der Waals surface area contributed by atoms with E-state index in [9.17, 15) is 0 Å². The zero-order valence-corrected chi connectivity index (χ0v) is 11.9. The van der Waals surface area contributed by atoms with Crippen LogP contribution in [-0.4, -0.2) is 24.0 Å². The largest absolute Gasteiger partial charge is 0.326 e. The summed E-state index contributed by atoms with van der Waals surface area (Å²) in [5.74, 6) is 0. The second kappa shape index (κ2) is 5.64. The van der Waals surface area contributed by atoms with Gasteiger partial charge in [-0.15, -0.1) is 23.7 Å². The quantitative estimate of drug-likeness (QED) is 0.910. The number of rotatable bonds is 2. The molecule has 2 heterocycles. The molecule has 1 aliphatic rings. The fraction of sp³-hybridized carbons (Fsp3) is 0.600. The molecule has 1 unspecified atom stereocenters. The molecule has 0 aliphatic carbocycles. The van der Waals surface area contributed by atoms with Gasteiger partial charge in [-0.3, -0.25) is 4.90 Å². The molecule has 2 N–H and O–H groups in total. The molecule has 1 aromatic heterocycles. The lowest BCUT2D eigenvalue weighted by molar-refractivity contribution is 0.330. The minimum Gasteiger partial charge on any atom is -0.326 e.